The molecule has 1 unspecified atom stereocenters. The topological polar surface area (TPSA) is 109 Å². The van der Waals surface area contributed by atoms with Crippen molar-refractivity contribution in [3.05, 3.63) is 60.4 Å². The molecular weight excluding hydrogens is 659 g/mol. The molecule has 0 radical (unpaired) electrons. The van der Waals surface area contributed by atoms with Gasteiger partial charge in [0.25, 0.3) is 5.91 Å². The lowest BCUT2D eigenvalue weighted by Gasteiger charge is -2.47. The standard InChI is InChI=1S/C40H47FN8O3/c1-24(2)48-23-43-32-20-31(45-36(35(32)48)44-30-7-12-42-21-29(30)41)25-5-6-28-33(17-25)49(27-18-26(19-27)47-13-9-39(3,4)22-47)38(51)40(28)10-14-46(15-11-40)37(50)34-8-16-52-34/h5-7,12,17,20-21,23-24,26-27,34H,8-11,13-16,18-19,22H2,1-4H3,(H,42,44,45). The zero-order valence-corrected chi connectivity index (χ0v) is 30.4. The molecule has 3 aromatic heterocycles. The van der Waals surface area contributed by atoms with E-state index in [0.717, 1.165) is 60.2 Å². The number of piperidine rings is 1. The number of halogens is 1. The molecule has 0 bridgehead atoms. The van der Waals surface area contributed by atoms with E-state index in [4.69, 9.17) is 14.7 Å². The summed E-state index contributed by atoms with van der Waals surface area (Å²) in [5.41, 5.74) is 4.98. The van der Waals surface area contributed by atoms with Gasteiger partial charge in [0, 0.05) is 61.6 Å². The van der Waals surface area contributed by atoms with E-state index in [2.05, 4.69) is 66.0 Å². The van der Waals surface area contributed by atoms with Gasteiger partial charge >= 0.3 is 0 Å². The highest BCUT2D eigenvalue weighted by atomic mass is 19.1. The summed E-state index contributed by atoms with van der Waals surface area (Å²) < 4.78 is 22.4. The molecule has 4 fully saturated rings. The lowest BCUT2D eigenvalue weighted by atomic mass is 9.73. The summed E-state index contributed by atoms with van der Waals surface area (Å²) in [4.78, 5) is 48.3. The number of aromatic nitrogens is 4. The van der Waals surface area contributed by atoms with Crippen molar-refractivity contribution in [2.24, 2.45) is 5.41 Å². The van der Waals surface area contributed by atoms with Gasteiger partial charge in [-0.3, -0.25) is 19.5 Å². The van der Waals surface area contributed by atoms with Crippen molar-refractivity contribution in [2.45, 2.75) is 95.9 Å². The van der Waals surface area contributed by atoms with Crippen molar-refractivity contribution in [1.29, 1.82) is 0 Å². The Morgan fingerprint density at radius 2 is 1.85 bits per heavy atom. The highest BCUT2D eigenvalue weighted by molar-refractivity contribution is 6.09. The lowest BCUT2D eigenvalue weighted by molar-refractivity contribution is -0.158. The molecule has 11 nitrogen and oxygen atoms in total. The molecule has 1 aromatic carbocycles. The Morgan fingerprint density at radius 1 is 1.06 bits per heavy atom. The first-order valence-electron chi connectivity index (χ1n) is 18.9. The van der Waals surface area contributed by atoms with Crippen molar-refractivity contribution < 1.29 is 18.7 Å². The van der Waals surface area contributed by atoms with Crippen LogP contribution in [0.15, 0.2) is 49.1 Å². The Morgan fingerprint density at radius 3 is 2.52 bits per heavy atom. The maximum atomic E-state index is 14.9. The molecule has 5 aliphatic rings. The number of rotatable bonds is 7. The van der Waals surface area contributed by atoms with Crippen molar-refractivity contribution in [3.8, 4) is 11.3 Å². The number of amides is 2. The number of likely N-dealkylation sites (tertiary alicyclic amines) is 2. The molecule has 7 heterocycles. The molecule has 1 saturated carbocycles. The van der Waals surface area contributed by atoms with Gasteiger partial charge in [-0.05, 0) is 81.7 Å². The Kier molecular flexibility index (Phi) is 7.93. The van der Waals surface area contributed by atoms with E-state index >= 15 is 0 Å². The number of benzene rings is 1. The van der Waals surface area contributed by atoms with Crippen LogP contribution in [-0.4, -0.2) is 92.1 Å². The second kappa shape index (κ2) is 12.3. The van der Waals surface area contributed by atoms with Crippen LogP contribution in [0, 0.1) is 11.2 Å². The minimum Gasteiger partial charge on any atom is -0.368 e. The molecule has 1 N–H and O–H groups in total. The van der Waals surface area contributed by atoms with Gasteiger partial charge in [-0.1, -0.05) is 26.0 Å². The van der Waals surface area contributed by atoms with Gasteiger partial charge in [-0.25, -0.2) is 14.4 Å². The fourth-order valence-electron chi connectivity index (χ4n) is 9.16. The van der Waals surface area contributed by atoms with E-state index in [0.29, 0.717) is 55.5 Å². The third-order valence-electron chi connectivity index (χ3n) is 12.4. The molecule has 2 amide bonds. The van der Waals surface area contributed by atoms with Crippen LogP contribution in [0.1, 0.15) is 77.8 Å². The smallest absolute Gasteiger partial charge is 0.251 e. The van der Waals surface area contributed by atoms with Crippen LogP contribution in [0.5, 0.6) is 0 Å². The first kappa shape index (κ1) is 33.4. The van der Waals surface area contributed by atoms with Crippen molar-refractivity contribution in [3.63, 3.8) is 0 Å². The SMILES string of the molecule is CC(C)n1cnc2cc(-c3ccc4c(c3)N(C3CC(N5CCC(C)(C)C5)C3)C(=O)C43CCN(C(=O)C4CCO4)CC3)nc(Nc3ccncc3F)c21. The Bertz CT molecular complexity index is 2060. The normalized spacial score (nSPS) is 25.1. The van der Waals surface area contributed by atoms with E-state index in [1.54, 1.807) is 18.6 Å². The summed E-state index contributed by atoms with van der Waals surface area (Å²) in [5.74, 6) is 0.231. The van der Waals surface area contributed by atoms with Gasteiger partial charge in [0.2, 0.25) is 5.91 Å². The van der Waals surface area contributed by atoms with Crippen LogP contribution in [0.2, 0.25) is 0 Å². The van der Waals surface area contributed by atoms with Crippen molar-refractivity contribution in [2.75, 3.05) is 43.0 Å². The van der Waals surface area contributed by atoms with Gasteiger partial charge in [0.15, 0.2) is 11.6 Å². The number of anilines is 3. The van der Waals surface area contributed by atoms with Gasteiger partial charge in [0.1, 0.15) is 11.6 Å². The average Bonchev–Trinajstić information content (AvgIpc) is 3.74. The fraction of sp³-hybridized carbons (Fsp3) is 0.525. The molecule has 52 heavy (non-hydrogen) atoms. The first-order valence-corrected chi connectivity index (χ1v) is 18.9. The summed E-state index contributed by atoms with van der Waals surface area (Å²) in [6.45, 7) is 12.7. The zero-order valence-electron chi connectivity index (χ0n) is 30.4. The summed E-state index contributed by atoms with van der Waals surface area (Å²) in [7, 11) is 0. The largest absolute Gasteiger partial charge is 0.368 e. The number of ether oxygens (including phenoxy) is 1. The van der Waals surface area contributed by atoms with Gasteiger partial charge in [-0.15, -0.1) is 0 Å². The van der Waals surface area contributed by atoms with Gasteiger partial charge < -0.3 is 24.4 Å². The third-order valence-corrected chi connectivity index (χ3v) is 12.4. The van der Waals surface area contributed by atoms with Crippen LogP contribution < -0.4 is 10.2 Å². The quantitative estimate of drug-likeness (QED) is 0.242. The zero-order chi connectivity index (χ0) is 35.9. The molecular formula is C40H47FN8O3. The Balaban J connectivity index is 1.08. The van der Waals surface area contributed by atoms with Crippen LogP contribution in [0.3, 0.4) is 0 Å². The number of imidazole rings is 1. The third kappa shape index (κ3) is 5.39. The van der Waals surface area contributed by atoms with Gasteiger partial charge in [-0.2, -0.15) is 0 Å². The average molecular weight is 707 g/mol. The van der Waals surface area contributed by atoms with Crippen LogP contribution >= 0.6 is 0 Å². The predicted octanol–water partition coefficient (Wildman–Crippen LogP) is 6.22. The first-order chi connectivity index (χ1) is 25.0. The molecule has 9 rings (SSSR count). The summed E-state index contributed by atoms with van der Waals surface area (Å²) in [5, 5.41) is 3.23. The minimum absolute atomic E-state index is 0.0479. The summed E-state index contributed by atoms with van der Waals surface area (Å²) in [6.07, 6.45) is 9.23. The number of hydrogen-bond acceptors (Lipinski definition) is 8. The highest BCUT2D eigenvalue weighted by Crippen LogP contribution is 2.52. The summed E-state index contributed by atoms with van der Waals surface area (Å²) >= 11 is 0. The van der Waals surface area contributed by atoms with Crippen molar-refractivity contribution in [1.82, 2.24) is 29.3 Å². The van der Waals surface area contributed by atoms with Gasteiger partial charge in [0.05, 0.1) is 41.4 Å². The number of nitrogens with zero attached hydrogens (tertiary/aromatic N) is 7. The predicted molar refractivity (Wildman–Crippen MR) is 197 cm³/mol. The number of fused-ring (bicyclic) bond motifs is 3. The summed E-state index contributed by atoms with van der Waals surface area (Å²) in [6, 6.07) is 10.6. The maximum Gasteiger partial charge on any atom is 0.251 e. The molecule has 1 spiro atoms. The second-order valence-electron chi connectivity index (χ2n) is 16.6. The highest BCUT2D eigenvalue weighted by Gasteiger charge is 2.56. The van der Waals surface area contributed by atoms with E-state index in [-0.39, 0.29) is 35.7 Å². The molecule has 272 valence electrons. The number of nitrogens with one attached hydrogen (secondary N) is 1. The van der Waals surface area contributed by atoms with Crippen molar-refractivity contribution >= 4 is 40.0 Å². The molecule has 4 aromatic rings. The maximum absolute atomic E-state index is 14.9. The van der Waals surface area contributed by atoms with E-state index in [1.807, 2.05) is 15.5 Å². The van der Waals surface area contributed by atoms with Crippen LogP contribution in [-0.2, 0) is 19.7 Å². The number of carbonyl (C=O) groups is 2. The van der Waals surface area contributed by atoms with Crippen LogP contribution in [0.4, 0.5) is 21.6 Å². The molecule has 1 aliphatic carbocycles. The second-order valence-corrected chi connectivity index (χ2v) is 16.6. The number of pyridine rings is 2. The minimum atomic E-state index is -0.676. The Labute approximate surface area is 303 Å². The molecule has 12 heteroatoms. The molecule has 3 saturated heterocycles. The van der Waals surface area contributed by atoms with E-state index in [9.17, 15) is 14.0 Å². The number of hydrogen-bond donors (Lipinski definition) is 1. The van der Waals surface area contributed by atoms with Crippen LogP contribution in [0.25, 0.3) is 22.3 Å². The van der Waals surface area contributed by atoms with E-state index in [1.165, 1.54) is 12.6 Å². The number of carbonyl (C=O) groups excluding carboxylic acids is 2. The fourth-order valence-corrected chi connectivity index (χ4v) is 9.16. The monoisotopic (exact) mass is 706 g/mol. The van der Waals surface area contributed by atoms with E-state index < -0.39 is 11.2 Å². The Hall–Kier alpha value is -4.42. The molecule has 1 atom stereocenters. The lowest BCUT2D eigenvalue weighted by Crippen LogP contribution is -2.58. The molecule has 4 aliphatic heterocycles.